The van der Waals surface area contributed by atoms with Crippen LogP contribution in [0, 0.1) is 0 Å². The van der Waals surface area contributed by atoms with Gasteiger partial charge in [0.15, 0.2) is 0 Å². The van der Waals surface area contributed by atoms with Gasteiger partial charge in [0, 0.05) is 33.3 Å². The topological polar surface area (TPSA) is 6.48 Å². The van der Waals surface area contributed by atoms with Crippen molar-refractivity contribution in [3.8, 4) is 66.8 Å². The molecule has 0 N–H and O–H groups in total. The Balaban J connectivity index is 0.836. The highest BCUT2D eigenvalue weighted by Crippen LogP contribution is 2.62. The number of anilines is 6. The largest absolute Gasteiger partial charge is 0.310 e. The molecule has 77 heavy (non-hydrogen) atoms. The number of hydrogen-bond donors (Lipinski definition) is 0. The molecule has 3 aliphatic rings. The van der Waals surface area contributed by atoms with E-state index >= 15 is 0 Å². The summed E-state index contributed by atoms with van der Waals surface area (Å²) in [6.07, 6.45) is 0. The molecule has 370 valence electrons. The van der Waals surface area contributed by atoms with E-state index in [1.165, 1.54) is 117 Å². The van der Waals surface area contributed by atoms with E-state index < -0.39 is 0 Å². The lowest BCUT2D eigenvalue weighted by Gasteiger charge is -2.50. The molecule has 0 atom stereocenters. The molecule has 1 aliphatic carbocycles. The van der Waals surface area contributed by atoms with E-state index in [1.54, 1.807) is 0 Å². The van der Waals surface area contributed by atoms with Gasteiger partial charge < -0.3 is 9.80 Å². The van der Waals surface area contributed by atoms with Crippen molar-refractivity contribution < 1.29 is 0 Å². The van der Waals surface area contributed by atoms with Crippen LogP contribution in [0.3, 0.4) is 0 Å². The highest BCUT2D eigenvalue weighted by atomic mass is 15.2. The van der Waals surface area contributed by atoms with Crippen molar-refractivity contribution in [1.82, 2.24) is 0 Å². The fraction of sp³-hybridized carbons (Fsp3) is 0.120. The van der Waals surface area contributed by atoms with Crippen LogP contribution in [-0.2, 0) is 16.2 Å². The second kappa shape index (κ2) is 17.5. The Morgan fingerprint density at radius 1 is 0.247 bits per heavy atom. The van der Waals surface area contributed by atoms with Crippen LogP contribution in [0.1, 0.15) is 74.9 Å². The summed E-state index contributed by atoms with van der Waals surface area (Å²) in [4.78, 5) is 5.02. The average Bonchev–Trinajstić information content (AvgIpc) is 3.84. The maximum absolute atomic E-state index is 2.60. The molecule has 0 aromatic heterocycles. The molecule has 14 rings (SSSR count). The molecule has 2 nitrogen and oxygen atoms in total. The number of benzene rings is 11. The molecule has 0 fully saturated rings. The van der Waals surface area contributed by atoms with Gasteiger partial charge in [-0.25, -0.2) is 0 Å². The van der Waals surface area contributed by atoms with E-state index in [-0.39, 0.29) is 16.2 Å². The summed E-state index contributed by atoms with van der Waals surface area (Å²) in [6.45, 7) is 14.4. The summed E-state index contributed by atoms with van der Waals surface area (Å²) in [5, 5.41) is 0. The van der Waals surface area contributed by atoms with E-state index in [1.807, 2.05) is 0 Å². The van der Waals surface area contributed by atoms with Crippen LogP contribution in [0.2, 0.25) is 0 Å². The Hall–Kier alpha value is -8.98. The summed E-state index contributed by atoms with van der Waals surface area (Å²) < 4.78 is 0. The Labute approximate surface area is 454 Å². The van der Waals surface area contributed by atoms with Crippen molar-refractivity contribution in [1.29, 1.82) is 0 Å². The third-order valence-electron chi connectivity index (χ3n) is 17.5. The summed E-state index contributed by atoms with van der Waals surface area (Å²) in [6, 6.07) is 94.9. The molecule has 0 saturated heterocycles. The third-order valence-corrected chi connectivity index (χ3v) is 17.5. The Bertz CT molecular complexity index is 3950. The highest BCUT2D eigenvalue weighted by molar-refractivity contribution is 5.97. The maximum Gasteiger partial charge on any atom is 0.0544 e. The van der Waals surface area contributed by atoms with Gasteiger partial charge in [0.1, 0.15) is 0 Å². The van der Waals surface area contributed by atoms with Gasteiger partial charge in [-0.3, -0.25) is 0 Å². The molecular weight excluding hydrogens is 929 g/mol. The summed E-state index contributed by atoms with van der Waals surface area (Å²) in [5.41, 5.74) is 29.4. The molecule has 11 aromatic carbocycles. The zero-order valence-corrected chi connectivity index (χ0v) is 44.6. The zero-order valence-electron chi connectivity index (χ0n) is 44.6. The van der Waals surface area contributed by atoms with Crippen molar-refractivity contribution in [3.05, 3.63) is 288 Å². The molecule has 2 heterocycles. The fourth-order valence-electron chi connectivity index (χ4n) is 13.1. The maximum atomic E-state index is 2.60. The first kappa shape index (κ1) is 46.5. The van der Waals surface area contributed by atoms with Crippen LogP contribution >= 0.6 is 0 Å². The Kier molecular flexibility index (Phi) is 10.6. The fourth-order valence-corrected chi connectivity index (χ4v) is 13.1. The summed E-state index contributed by atoms with van der Waals surface area (Å²) in [5.74, 6) is 0. The lowest BCUT2D eigenvalue weighted by atomic mass is 9.65. The first-order valence-corrected chi connectivity index (χ1v) is 27.2. The molecule has 0 bridgehead atoms. The number of nitrogens with zero attached hydrogens (tertiary/aromatic N) is 2. The van der Waals surface area contributed by atoms with Crippen molar-refractivity contribution >= 4 is 34.1 Å². The highest BCUT2D eigenvalue weighted by Gasteiger charge is 2.46. The first-order chi connectivity index (χ1) is 37.4. The Morgan fingerprint density at radius 2 is 0.597 bits per heavy atom. The second-order valence-corrected chi connectivity index (χ2v) is 23.0. The SMILES string of the molecule is CC1(C)c2ccccc2-c2ccc(N(c3ccc(-c4ccccc4)cc3)c3ccc(-c4ccc(-c5cc6c7c(c5)C(C)(C)c5ccc(-c8ccccc8)cc5N7c5cc(-c7ccccc7)ccc5C6(C)C)cc4)cc3)cc21. The van der Waals surface area contributed by atoms with E-state index in [2.05, 4.69) is 306 Å². The number of rotatable bonds is 8. The van der Waals surface area contributed by atoms with Crippen molar-refractivity contribution in [2.24, 2.45) is 0 Å². The predicted molar refractivity (Wildman–Crippen MR) is 325 cm³/mol. The minimum absolute atomic E-state index is 0.110. The van der Waals surface area contributed by atoms with Crippen LogP contribution in [0.4, 0.5) is 34.1 Å². The van der Waals surface area contributed by atoms with E-state index in [0.717, 1.165) is 17.1 Å². The van der Waals surface area contributed by atoms with Gasteiger partial charge in [-0.05, 0) is 161 Å². The average molecular weight is 989 g/mol. The molecular formula is C75H60N2. The van der Waals surface area contributed by atoms with Crippen LogP contribution in [-0.4, -0.2) is 0 Å². The van der Waals surface area contributed by atoms with E-state index in [4.69, 9.17) is 0 Å². The monoisotopic (exact) mass is 988 g/mol. The van der Waals surface area contributed by atoms with Gasteiger partial charge in [0.2, 0.25) is 0 Å². The summed E-state index contributed by atoms with van der Waals surface area (Å²) in [7, 11) is 0. The predicted octanol–water partition coefficient (Wildman–Crippen LogP) is 20.5. The van der Waals surface area contributed by atoms with Gasteiger partial charge in [0.25, 0.3) is 0 Å². The minimum atomic E-state index is -0.272. The van der Waals surface area contributed by atoms with Crippen LogP contribution < -0.4 is 9.80 Å². The number of hydrogen-bond acceptors (Lipinski definition) is 2. The smallest absolute Gasteiger partial charge is 0.0544 e. The van der Waals surface area contributed by atoms with E-state index in [9.17, 15) is 0 Å². The van der Waals surface area contributed by atoms with Crippen molar-refractivity contribution in [2.45, 2.75) is 57.8 Å². The lowest BCUT2D eigenvalue weighted by Crippen LogP contribution is -2.38. The van der Waals surface area contributed by atoms with Gasteiger partial charge >= 0.3 is 0 Å². The van der Waals surface area contributed by atoms with Gasteiger partial charge in [0.05, 0.1) is 17.1 Å². The molecule has 0 radical (unpaired) electrons. The van der Waals surface area contributed by atoms with Gasteiger partial charge in [-0.2, -0.15) is 0 Å². The summed E-state index contributed by atoms with van der Waals surface area (Å²) >= 11 is 0. The Morgan fingerprint density at radius 3 is 1.08 bits per heavy atom. The lowest BCUT2D eigenvalue weighted by molar-refractivity contribution is 0.598. The molecule has 0 saturated carbocycles. The minimum Gasteiger partial charge on any atom is -0.310 e. The molecule has 2 heteroatoms. The molecule has 0 spiro atoms. The van der Waals surface area contributed by atoms with Crippen LogP contribution in [0.5, 0.6) is 0 Å². The van der Waals surface area contributed by atoms with Gasteiger partial charge in [-0.15, -0.1) is 0 Å². The molecule has 11 aromatic rings. The standard InChI is InChI=1S/C75H60N2/c1-73(2)64-25-17-16-24-62(64)63-41-40-61(48-67(63)73)76(59-36-30-53(31-37-59)49-18-10-7-11-19-49)60-38-32-54(33-39-60)52-26-28-55(29-27-52)58-44-68-72-69(45-58)75(5,6)66-43-35-57(51-22-14-9-15-23-51)47-71(66)77(72)70-46-56(50-20-12-8-13-21-50)34-42-65(70)74(68,3)4/h7-48H,1-6H3. The molecule has 2 aliphatic heterocycles. The third kappa shape index (κ3) is 7.45. The molecule has 0 unspecified atom stereocenters. The molecule has 0 amide bonds. The second-order valence-electron chi connectivity index (χ2n) is 23.0. The van der Waals surface area contributed by atoms with Gasteiger partial charge in [-0.1, -0.05) is 236 Å². The van der Waals surface area contributed by atoms with E-state index in [0.29, 0.717) is 0 Å². The van der Waals surface area contributed by atoms with Crippen molar-refractivity contribution in [2.75, 3.05) is 9.80 Å². The number of fused-ring (bicyclic) bond motifs is 7. The van der Waals surface area contributed by atoms with Crippen LogP contribution in [0.25, 0.3) is 66.8 Å². The normalized spacial score (nSPS) is 14.6. The first-order valence-electron chi connectivity index (χ1n) is 27.2. The zero-order chi connectivity index (χ0) is 52.2. The van der Waals surface area contributed by atoms with Crippen LogP contribution in [0.15, 0.2) is 255 Å². The quantitative estimate of drug-likeness (QED) is 0.150. The van der Waals surface area contributed by atoms with Crippen molar-refractivity contribution in [3.63, 3.8) is 0 Å².